The van der Waals surface area contributed by atoms with E-state index in [1.165, 1.54) is 32.1 Å². The van der Waals surface area contributed by atoms with Crippen LogP contribution < -0.4 is 5.73 Å². The van der Waals surface area contributed by atoms with Crippen LogP contribution in [0.2, 0.25) is 0 Å². The molecule has 0 aromatic carbocycles. The Morgan fingerprint density at radius 2 is 2.00 bits per heavy atom. The third kappa shape index (κ3) is 4.04. The molecule has 3 rings (SSSR count). The lowest BCUT2D eigenvalue weighted by Gasteiger charge is -2.21. The lowest BCUT2D eigenvalue weighted by Crippen LogP contribution is -2.13. The highest BCUT2D eigenvalue weighted by atomic mass is 16.2. The Morgan fingerprint density at radius 1 is 1.29 bits per heavy atom. The van der Waals surface area contributed by atoms with Crippen LogP contribution in [0.1, 0.15) is 45.1 Å². The minimum atomic E-state index is 0.250. The molecule has 0 amide bonds. The molecule has 2 aromatic rings. The largest absolute Gasteiger partial charge is 0.397 e. The molecule has 0 radical (unpaired) electrons. The Labute approximate surface area is 125 Å². The molecule has 0 unspecified atom stereocenters. The molecular weight excluding hydrogens is 264 g/mol. The van der Waals surface area contributed by atoms with Crippen molar-refractivity contribution in [2.75, 3.05) is 12.3 Å². The van der Waals surface area contributed by atoms with E-state index in [1.54, 1.807) is 13.1 Å². The maximum Gasteiger partial charge on any atom is 0.134 e. The van der Waals surface area contributed by atoms with Gasteiger partial charge in [0.25, 0.3) is 0 Å². The van der Waals surface area contributed by atoms with Gasteiger partial charge in [-0.2, -0.15) is 5.10 Å². The monoisotopic (exact) mass is 288 g/mol. The number of aliphatic hydroxyl groups is 1. The summed E-state index contributed by atoms with van der Waals surface area (Å²) < 4.78 is 2.04. The fraction of sp³-hybridized carbons (Fsp3) is 0.500. The van der Waals surface area contributed by atoms with Crippen LogP contribution >= 0.6 is 0 Å². The molecular formula is C16H24N4O. The van der Waals surface area contributed by atoms with Crippen LogP contribution in [0, 0.1) is 0 Å². The van der Waals surface area contributed by atoms with Crippen molar-refractivity contribution in [3.05, 3.63) is 30.6 Å². The predicted octanol–water partition coefficient (Wildman–Crippen LogP) is 3.03. The Morgan fingerprint density at radius 3 is 2.62 bits per heavy atom. The summed E-state index contributed by atoms with van der Waals surface area (Å²) in [4.78, 5) is 4.31. The molecule has 0 bridgehead atoms. The van der Waals surface area contributed by atoms with Gasteiger partial charge in [-0.25, -0.2) is 0 Å². The van der Waals surface area contributed by atoms with E-state index < -0.39 is 0 Å². The second-order valence-electron chi connectivity index (χ2n) is 5.24. The zero-order valence-electron chi connectivity index (χ0n) is 12.6. The maximum atomic E-state index is 7.57. The lowest BCUT2D eigenvalue weighted by molar-refractivity contribution is 0.318. The van der Waals surface area contributed by atoms with Gasteiger partial charge in [0.2, 0.25) is 0 Å². The fourth-order valence-corrected chi connectivity index (χ4v) is 2.64. The molecule has 1 saturated carbocycles. The highest BCUT2D eigenvalue weighted by Gasteiger charge is 2.18. The highest BCUT2D eigenvalue weighted by Crippen LogP contribution is 2.30. The smallest absolute Gasteiger partial charge is 0.134 e. The zero-order chi connectivity index (χ0) is 15.1. The first-order chi connectivity index (χ1) is 10.3. The fourth-order valence-electron chi connectivity index (χ4n) is 2.64. The van der Waals surface area contributed by atoms with Crippen LogP contribution in [0.5, 0.6) is 0 Å². The summed E-state index contributed by atoms with van der Waals surface area (Å²) in [6, 6.07) is 6.32. The maximum absolute atomic E-state index is 7.57. The first-order valence-electron chi connectivity index (χ1n) is 7.63. The molecule has 1 fully saturated rings. The third-order valence-corrected chi connectivity index (χ3v) is 3.62. The van der Waals surface area contributed by atoms with Crippen molar-refractivity contribution in [1.82, 2.24) is 14.8 Å². The molecule has 1 aliphatic carbocycles. The van der Waals surface area contributed by atoms with Crippen molar-refractivity contribution < 1.29 is 5.11 Å². The molecule has 5 nitrogen and oxygen atoms in total. The summed E-state index contributed by atoms with van der Waals surface area (Å²) in [6.07, 6.45) is 10.1. The second kappa shape index (κ2) is 7.78. The van der Waals surface area contributed by atoms with E-state index >= 15 is 0 Å². The summed E-state index contributed by atoms with van der Waals surface area (Å²) in [6.45, 7) is 1.93. The molecule has 21 heavy (non-hydrogen) atoms. The second-order valence-corrected chi connectivity index (χ2v) is 5.24. The molecule has 3 N–H and O–H groups in total. The van der Waals surface area contributed by atoms with Crippen LogP contribution in [0.4, 0.5) is 5.69 Å². The van der Waals surface area contributed by atoms with Crippen LogP contribution in [0.3, 0.4) is 0 Å². The van der Waals surface area contributed by atoms with Crippen molar-refractivity contribution in [1.29, 1.82) is 0 Å². The Kier molecular flexibility index (Phi) is 5.75. The average molecular weight is 288 g/mol. The number of aromatic nitrogens is 3. The third-order valence-electron chi connectivity index (χ3n) is 3.62. The Hall–Kier alpha value is -1.88. The van der Waals surface area contributed by atoms with E-state index in [2.05, 4.69) is 10.1 Å². The van der Waals surface area contributed by atoms with E-state index in [0.717, 1.165) is 17.1 Å². The number of nitrogens with two attached hydrogens (primary N) is 1. The van der Waals surface area contributed by atoms with Crippen molar-refractivity contribution in [2.24, 2.45) is 0 Å². The molecule has 114 valence electrons. The summed E-state index contributed by atoms with van der Waals surface area (Å²) in [5.41, 5.74) is 8.44. The lowest BCUT2D eigenvalue weighted by atomic mass is 9.96. The molecule has 0 aliphatic heterocycles. The van der Waals surface area contributed by atoms with Gasteiger partial charge in [-0.1, -0.05) is 25.3 Å². The predicted molar refractivity (Wildman–Crippen MR) is 84.8 cm³/mol. The molecule has 1 aliphatic rings. The zero-order valence-corrected chi connectivity index (χ0v) is 12.6. The Balaban J connectivity index is 0.000000497. The van der Waals surface area contributed by atoms with Gasteiger partial charge in [-0.3, -0.25) is 9.67 Å². The molecule has 5 heteroatoms. The van der Waals surface area contributed by atoms with Gasteiger partial charge in [0, 0.05) is 19.0 Å². The molecule has 0 atom stereocenters. The number of nitrogen functional groups attached to an aromatic ring is 1. The van der Waals surface area contributed by atoms with E-state index in [1.807, 2.05) is 29.1 Å². The molecule has 0 saturated heterocycles. The van der Waals surface area contributed by atoms with Crippen LogP contribution in [-0.4, -0.2) is 26.5 Å². The number of aliphatic hydroxyl groups excluding tert-OH is 1. The topological polar surface area (TPSA) is 77.0 Å². The summed E-state index contributed by atoms with van der Waals surface area (Å²) in [5.74, 6) is 0. The Bertz CT molecular complexity index is 532. The van der Waals surface area contributed by atoms with Gasteiger partial charge in [0.1, 0.15) is 5.69 Å². The normalized spacial score (nSPS) is 15.3. The highest BCUT2D eigenvalue weighted by molar-refractivity contribution is 5.68. The van der Waals surface area contributed by atoms with Crippen LogP contribution in [-0.2, 0) is 0 Å². The van der Waals surface area contributed by atoms with Crippen molar-refractivity contribution in [3.8, 4) is 11.4 Å². The first-order valence-corrected chi connectivity index (χ1v) is 7.63. The van der Waals surface area contributed by atoms with Crippen molar-refractivity contribution in [3.63, 3.8) is 0 Å². The number of nitrogens with zero attached hydrogens (tertiary/aromatic N) is 3. The summed E-state index contributed by atoms with van der Waals surface area (Å²) in [7, 11) is 0. The summed E-state index contributed by atoms with van der Waals surface area (Å²) >= 11 is 0. The van der Waals surface area contributed by atoms with Gasteiger partial charge < -0.3 is 10.8 Å². The minimum absolute atomic E-state index is 0.250. The average Bonchev–Trinajstić information content (AvgIpc) is 2.92. The van der Waals surface area contributed by atoms with Crippen LogP contribution in [0.15, 0.2) is 30.6 Å². The minimum Gasteiger partial charge on any atom is -0.397 e. The number of rotatable bonds is 2. The van der Waals surface area contributed by atoms with Gasteiger partial charge in [-0.15, -0.1) is 0 Å². The van der Waals surface area contributed by atoms with Gasteiger partial charge in [0.15, 0.2) is 0 Å². The standard InChI is InChI=1S/C14H18N4.C2H6O/c15-12-10-18(11-6-2-1-3-7-11)17-14(12)13-8-4-5-9-16-13;1-2-3/h4-5,8-11H,1-3,6-7,15H2;3H,2H2,1H3. The number of hydrogen-bond donors (Lipinski definition) is 2. The molecule has 0 spiro atoms. The van der Waals surface area contributed by atoms with E-state index in [9.17, 15) is 0 Å². The number of anilines is 1. The van der Waals surface area contributed by atoms with E-state index in [4.69, 9.17) is 10.8 Å². The molecule has 2 heterocycles. The number of hydrogen-bond acceptors (Lipinski definition) is 4. The van der Waals surface area contributed by atoms with Gasteiger partial charge >= 0.3 is 0 Å². The molecule has 2 aromatic heterocycles. The number of pyridine rings is 1. The van der Waals surface area contributed by atoms with E-state index in [-0.39, 0.29) is 6.61 Å². The van der Waals surface area contributed by atoms with Crippen molar-refractivity contribution in [2.45, 2.75) is 45.1 Å². The first kappa shape index (κ1) is 15.5. The van der Waals surface area contributed by atoms with Crippen molar-refractivity contribution >= 4 is 5.69 Å². The van der Waals surface area contributed by atoms with E-state index in [0.29, 0.717) is 6.04 Å². The van der Waals surface area contributed by atoms with Gasteiger partial charge in [0.05, 0.1) is 17.4 Å². The SMILES string of the molecule is CCO.Nc1cn(C2CCCCC2)nc1-c1ccccn1. The van der Waals surface area contributed by atoms with Gasteiger partial charge in [-0.05, 0) is 31.9 Å². The summed E-state index contributed by atoms with van der Waals surface area (Å²) in [5, 5.41) is 12.2. The van der Waals surface area contributed by atoms with Crippen LogP contribution in [0.25, 0.3) is 11.4 Å². The quantitative estimate of drug-likeness (QED) is 0.890.